The minimum Gasteiger partial charge on any atom is -0.368 e. The van der Waals surface area contributed by atoms with Gasteiger partial charge in [0.25, 0.3) is 0 Å². The Morgan fingerprint density at radius 3 is 2.57 bits per heavy atom. The minimum absolute atomic E-state index is 0.787. The van der Waals surface area contributed by atoms with Gasteiger partial charge in [-0.15, -0.1) is 0 Å². The number of imidazole rings is 1. The van der Waals surface area contributed by atoms with E-state index in [-0.39, 0.29) is 0 Å². The Bertz CT molecular complexity index is 602. The number of aryl methyl sites for hydroxylation is 3. The largest absolute Gasteiger partial charge is 0.368 e. The molecule has 116 valence electrons. The van der Waals surface area contributed by atoms with Crippen molar-refractivity contribution in [1.29, 1.82) is 0 Å². The van der Waals surface area contributed by atoms with Crippen LogP contribution in [0.4, 0.5) is 5.82 Å². The van der Waals surface area contributed by atoms with Crippen molar-refractivity contribution in [3.8, 4) is 0 Å². The molecule has 6 heteroatoms. The smallest absolute Gasteiger partial charge is 0.165 e. The topological polar surface area (TPSA) is 58.9 Å². The molecule has 0 saturated heterocycles. The van der Waals surface area contributed by atoms with Gasteiger partial charge in [0.15, 0.2) is 17.0 Å². The molecule has 0 atom stereocenters. The molecule has 1 N–H and O–H groups in total. The molecule has 0 unspecified atom stereocenters. The monoisotopic (exact) mass is 290 g/mol. The van der Waals surface area contributed by atoms with E-state index >= 15 is 0 Å². The van der Waals surface area contributed by atoms with Gasteiger partial charge < -0.3 is 14.8 Å². The van der Waals surface area contributed by atoms with Gasteiger partial charge in [-0.1, -0.05) is 6.92 Å². The van der Waals surface area contributed by atoms with Crippen molar-refractivity contribution in [3.63, 3.8) is 0 Å². The molecule has 2 heterocycles. The molecule has 2 aromatic heterocycles. The second kappa shape index (κ2) is 6.85. The standard InChI is InChI=1S/C15H26N6/c1-6-9-21-12(3)19-13-14(16-8-7-10-20(4)5)17-11(2)18-15(13)21/h6-10H2,1-5H3,(H,16,17,18). The molecule has 21 heavy (non-hydrogen) atoms. The average Bonchev–Trinajstić information content (AvgIpc) is 2.72. The van der Waals surface area contributed by atoms with E-state index in [1.807, 2.05) is 13.8 Å². The fourth-order valence-corrected chi connectivity index (χ4v) is 2.44. The summed E-state index contributed by atoms with van der Waals surface area (Å²) in [6, 6.07) is 0. The molecule has 0 radical (unpaired) electrons. The van der Waals surface area contributed by atoms with Crippen LogP contribution in [0.2, 0.25) is 0 Å². The van der Waals surface area contributed by atoms with E-state index < -0.39 is 0 Å². The number of aromatic nitrogens is 4. The summed E-state index contributed by atoms with van der Waals surface area (Å²) in [5, 5.41) is 3.41. The van der Waals surface area contributed by atoms with Gasteiger partial charge in [-0.25, -0.2) is 15.0 Å². The first-order chi connectivity index (χ1) is 10.0. The van der Waals surface area contributed by atoms with E-state index in [1.54, 1.807) is 0 Å². The van der Waals surface area contributed by atoms with E-state index in [9.17, 15) is 0 Å². The highest BCUT2D eigenvalue weighted by molar-refractivity contribution is 5.83. The van der Waals surface area contributed by atoms with E-state index in [0.29, 0.717) is 0 Å². The third-order valence-corrected chi connectivity index (χ3v) is 3.42. The fraction of sp³-hybridized carbons (Fsp3) is 0.667. The van der Waals surface area contributed by atoms with E-state index in [1.165, 1.54) is 0 Å². The first-order valence-corrected chi connectivity index (χ1v) is 7.63. The molecule has 0 bridgehead atoms. The molecular formula is C15H26N6. The third-order valence-electron chi connectivity index (χ3n) is 3.42. The highest BCUT2D eigenvalue weighted by atomic mass is 15.2. The maximum atomic E-state index is 4.65. The molecule has 2 aromatic rings. The average molecular weight is 290 g/mol. The van der Waals surface area contributed by atoms with Crippen LogP contribution >= 0.6 is 0 Å². The Balaban J connectivity index is 2.25. The van der Waals surface area contributed by atoms with Crippen LogP contribution in [0.25, 0.3) is 11.2 Å². The summed E-state index contributed by atoms with van der Waals surface area (Å²) < 4.78 is 2.18. The van der Waals surface area contributed by atoms with Crippen molar-refractivity contribution < 1.29 is 0 Å². The van der Waals surface area contributed by atoms with Crippen LogP contribution in [0, 0.1) is 13.8 Å². The van der Waals surface area contributed by atoms with Crippen LogP contribution in [0.3, 0.4) is 0 Å². The zero-order chi connectivity index (χ0) is 15.4. The van der Waals surface area contributed by atoms with Gasteiger partial charge in [0.2, 0.25) is 0 Å². The van der Waals surface area contributed by atoms with Gasteiger partial charge in [-0.3, -0.25) is 0 Å². The van der Waals surface area contributed by atoms with Gasteiger partial charge in [0.05, 0.1) is 0 Å². The van der Waals surface area contributed by atoms with Crippen LogP contribution in [0.15, 0.2) is 0 Å². The van der Waals surface area contributed by atoms with Crippen LogP contribution in [-0.4, -0.2) is 51.6 Å². The summed E-state index contributed by atoms with van der Waals surface area (Å²) in [4.78, 5) is 15.9. The van der Waals surface area contributed by atoms with Crippen LogP contribution in [-0.2, 0) is 6.54 Å². The Morgan fingerprint density at radius 1 is 1.14 bits per heavy atom. The summed E-state index contributed by atoms with van der Waals surface area (Å²) >= 11 is 0. The molecule has 0 aromatic carbocycles. The van der Waals surface area contributed by atoms with E-state index in [2.05, 4.69) is 50.8 Å². The van der Waals surface area contributed by atoms with Crippen molar-refractivity contribution in [2.75, 3.05) is 32.5 Å². The SMILES string of the molecule is CCCn1c(C)nc2c(NCCCN(C)C)nc(C)nc21. The second-order valence-electron chi connectivity index (χ2n) is 5.69. The first-order valence-electron chi connectivity index (χ1n) is 7.63. The highest BCUT2D eigenvalue weighted by Crippen LogP contribution is 2.21. The number of hydrogen-bond donors (Lipinski definition) is 1. The summed E-state index contributed by atoms with van der Waals surface area (Å²) in [7, 11) is 4.17. The predicted molar refractivity (Wildman–Crippen MR) is 86.7 cm³/mol. The fourth-order valence-electron chi connectivity index (χ4n) is 2.44. The number of nitrogens with one attached hydrogen (secondary N) is 1. The summed E-state index contributed by atoms with van der Waals surface area (Å²) in [5.74, 6) is 2.65. The lowest BCUT2D eigenvalue weighted by molar-refractivity contribution is 0.405. The lowest BCUT2D eigenvalue weighted by Gasteiger charge is -2.11. The molecule has 0 amide bonds. The van der Waals surface area contributed by atoms with Gasteiger partial charge >= 0.3 is 0 Å². The number of fused-ring (bicyclic) bond motifs is 1. The Kier molecular flexibility index (Phi) is 5.12. The van der Waals surface area contributed by atoms with Gasteiger partial charge in [-0.2, -0.15) is 0 Å². The maximum absolute atomic E-state index is 4.65. The van der Waals surface area contributed by atoms with Crippen molar-refractivity contribution in [2.45, 2.75) is 40.2 Å². The quantitative estimate of drug-likeness (QED) is 0.792. The van der Waals surface area contributed by atoms with Crippen LogP contribution in [0.1, 0.15) is 31.4 Å². The molecule has 6 nitrogen and oxygen atoms in total. The normalized spacial score (nSPS) is 11.5. The number of nitrogens with zero attached hydrogens (tertiary/aromatic N) is 5. The van der Waals surface area contributed by atoms with Crippen LogP contribution < -0.4 is 5.32 Å². The molecule has 0 aliphatic carbocycles. The lowest BCUT2D eigenvalue weighted by atomic mass is 10.4. The number of rotatable bonds is 7. The van der Waals surface area contributed by atoms with Crippen LogP contribution in [0.5, 0.6) is 0 Å². The first kappa shape index (κ1) is 15.7. The van der Waals surface area contributed by atoms with Crippen molar-refractivity contribution in [1.82, 2.24) is 24.4 Å². The molecule has 2 rings (SSSR count). The van der Waals surface area contributed by atoms with Crippen molar-refractivity contribution in [2.24, 2.45) is 0 Å². The molecule has 0 saturated carbocycles. The van der Waals surface area contributed by atoms with E-state index in [4.69, 9.17) is 0 Å². The van der Waals surface area contributed by atoms with Gasteiger partial charge in [-0.05, 0) is 47.3 Å². The third kappa shape index (κ3) is 3.69. The Morgan fingerprint density at radius 2 is 1.90 bits per heavy atom. The molecular weight excluding hydrogens is 264 g/mol. The molecule has 0 spiro atoms. The lowest BCUT2D eigenvalue weighted by Crippen LogP contribution is -2.17. The molecule has 0 aliphatic rings. The van der Waals surface area contributed by atoms with E-state index in [0.717, 1.165) is 61.1 Å². The van der Waals surface area contributed by atoms with Crippen molar-refractivity contribution in [3.05, 3.63) is 11.6 Å². The second-order valence-corrected chi connectivity index (χ2v) is 5.69. The maximum Gasteiger partial charge on any atom is 0.165 e. The molecule has 0 fully saturated rings. The highest BCUT2D eigenvalue weighted by Gasteiger charge is 2.14. The summed E-state index contributed by atoms with van der Waals surface area (Å²) in [6.07, 6.45) is 2.15. The Labute approximate surface area is 126 Å². The Hall–Kier alpha value is -1.69. The predicted octanol–water partition coefficient (Wildman–Crippen LogP) is 2.22. The molecule has 0 aliphatic heterocycles. The zero-order valence-corrected chi connectivity index (χ0v) is 13.8. The zero-order valence-electron chi connectivity index (χ0n) is 13.8. The number of hydrogen-bond acceptors (Lipinski definition) is 5. The summed E-state index contributed by atoms with van der Waals surface area (Å²) in [6.45, 7) is 9.02. The summed E-state index contributed by atoms with van der Waals surface area (Å²) in [5.41, 5.74) is 1.83. The van der Waals surface area contributed by atoms with Crippen molar-refractivity contribution >= 4 is 17.0 Å². The minimum atomic E-state index is 0.787. The van der Waals surface area contributed by atoms with Gasteiger partial charge in [0, 0.05) is 13.1 Å². The van der Waals surface area contributed by atoms with Gasteiger partial charge in [0.1, 0.15) is 11.6 Å². The number of anilines is 1.